The van der Waals surface area contributed by atoms with Crippen molar-refractivity contribution in [1.29, 1.82) is 0 Å². The summed E-state index contributed by atoms with van der Waals surface area (Å²) >= 11 is 7.46. The molecule has 156 valence electrons. The predicted octanol–water partition coefficient (Wildman–Crippen LogP) is 4.58. The number of thiophene rings is 1. The number of rotatable bonds is 5. The molecule has 3 heterocycles. The van der Waals surface area contributed by atoms with E-state index in [1.54, 1.807) is 19.2 Å². The van der Waals surface area contributed by atoms with Crippen LogP contribution in [0.25, 0.3) is 15.9 Å². The van der Waals surface area contributed by atoms with Crippen molar-refractivity contribution >= 4 is 60.1 Å². The van der Waals surface area contributed by atoms with Crippen LogP contribution in [0.4, 0.5) is 11.5 Å². The summed E-state index contributed by atoms with van der Waals surface area (Å²) in [4.78, 5) is 4.61. The molecule has 31 heavy (non-hydrogen) atoms. The minimum absolute atomic E-state index is 0.0271. The number of ether oxygens (including phenoxy) is 1. The molecule has 0 spiro atoms. The van der Waals surface area contributed by atoms with Gasteiger partial charge in [-0.3, -0.25) is 0 Å². The summed E-state index contributed by atoms with van der Waals surface area (Å²) in [6.45, 7) is 0. The van der Waals surface area contributed by atoms with E-state index in [1.165, 1.54) is 28.0 Å². The second kappa shape index (κ2) is 7.49. The van der Waals surface area contributed by atoms with Gasteiger partial charge in [-0.05, 0) is 53.9 Å². The zero-order chi connectivity index (χ0) is 21.6. The van der Waals surface area contributed by atoms with Gasteiger partial charge in [-0.25, -0.2) is 13.4 Å². The fourth-order valence-corrected chi connectivity index (χ4v) is 5.49. The Hall–Kier alpha value is -3.21. The first-order valence-corrected chi connectivity index (χ1v) is 11.8. The maximum Gasteiger partial charge on any atom is 0.229 e. The second-order valence-corrected chi connectivity index (χ2v) is 9.76. The van der Waals surface area contributed by atoms with Crippen molar-refractivity contribution in [2.24, 2.45) is 0 Å². The van der Waals surface area contributed by atoms with Crippen LogP contribution in [-0.4, -0.2) is 35.3 Å². The van der Waals surface area contributed by atoms with Crippen LogP contribution in [-0.2, 0) is 9.84 Å². The summed E-state index contributed by atoms with van der Waals surface area (Å²) in [5, 5.41) is 13.2. The van der Waals surface area contributed by atoms with Gasteiger partial charge in [0, 0.05) is 10.7 Å². The topological polar surface area (TPSA) is 98.5 Å². The van der Waals surface area contributed by atoms with Gasteiger partial charge in [0.2, 0.25) is 14.9 Å². The number of hydrogen-bond acceptors (Lipinski definition) is 8. The molecule has 0 saturated carbocycles. The van der Waals surface area contributed by atoms with Crippen LogP contribution >= 0.6 is 22.9 Å². The number of hydrogen-bond donors (Lipinski definition) is 1. The first kappa shape index (κ1) is 19.7. The lowest BCUT2D eigenvalue weighted by atomic mass is 10.3. The molecule has 0 aliphatic heterocycles. The number of aromatic nitrogens is 4. The molecular weight excluding hydrogens is 458 g/mol. The van der Waals surface area contributed by atoms with E-state index in [0.29, 0.717) is 16.4 Å². The van der Waals surface area contributed by atoms with E-state index < -0.39 is 9.84 Å². The summed E-state index contributed by atoms with van der Waals surface area (Å²) in [6.07, 6.45) is 0. The molecule has 0 fully saturated rings. The van der Waals surface area contributed by atoms with Crippen molar-refractivity contribution < 1.29 is 13.2 Å². The molecule has 5 rings (SSSR count). The van der Waals surface area contributed by atoms with Gasteiger partial charge in [-0.2, -0.15) is 4.52 Å². The van der Waals surface area contributed by atoms with E-state index in [-0.39, 0.29) is 15.6 Å². The highest BCUT2D eigenvalue weighted by atomic mass is 35.5. The molecular formula is C20H14ClN5O3S2. The summed E-state index contributed by atoms with van der Waals surface area (Å²) in [6, 6.07) is 15.2. The molecule has 5 aromatic rings. The number of benzene rings is 2. The smallest absolute Gasteiger partial charge is 0.229 e. The summed E-state index contributed by atoms with van der Waals surface area (Å²) < 4.78 is 33.9. The predicted molar refractivity (Wildman–Crippen MR) is 119 cm³/mol. The van der Waals surface area contributed by atoms with E-state index in [2.05, 4.69) is 20.6 Å². The second-order valence-electron chi connectivity index (χ2n) is 6.54. The van der Waals surface area contributed by atoms with Crippen LogP contribution in [0.1, 0.15) is 0 Å². The van der Waals surface area contributed by atoms with Gasteiger partial charge in [0.1, 0.15) is 5.75 Å². The quantitative estimate of drug-likeness (QED) is 0.400. The summed E-state index contributed by atoms with van der Waals surface area (Å²) in [7, 11) is -2.38. The molecule has 0 radical (unpaired) electrons. The third kappa shape index (κ3) is 3.38. The maximum atomic E-state index is 13.2. The van der Waals surface area contributed by atoms with Crippen molar-refractivity contribution in [3.05, 3.63) is 65.0 Å². The van der Waals surface area contributed by atoms with Gasteiger partial charge in [0.05, 0.1) is 22.2 Å². The van der Waals surface area contributed by atoms with Gasteiger partial charge in [-0.15, -0.1) is 16.4 Å². The average Bonchev–Trinajstić information content (AvgIpc) is 3.42. The zero-order valence-corrected chi connectivity index (χ0v) is 18.4. The standard InChI is InChI=1S/C20H14ClN5O3S2/c1-29-14-7-5-13(6-8-14)22-18-17-16(9-10-30-17)26-19(23-18)20(24-25-26)31(27,28)15-4-2-3-12(21)11-15/h2-11H,1H3,(H,22,23). The Kier molecular flexibility index (Phi) is 4.77. The number of anilines is 2. The van der Waals surface area contributed by atoms with Crippen LogP contribution in [0.3, 0.4) is 0 Å². The van der Waals surface area contributed by atoms with Crippen molar-refractivity contribution in [1.82, 2.24) is 19.8 Å². The summed E-state index contributed by atoms with van der Waals surface area (Å²) in [5.41, 5.74) is 1.60. The molecule has 1 N–H and O–H groups in total. The van der Waals surface area contributed by atoms with Gasteiger partial charge in [0.15, 0.2) is 11.5 Å². The fourth-order valence-electron chi connectivity index (χ4n) is 3.14. The van der Waals surface area contributed by atoms with E-state index in [9.17, 15) is 8.42 Å². The molecule has 0 aliphatic carbocycles. The molecule has 0 atom stereocenters. The SMILES string of the molecule is COc1ccc(Nc2nc3c(S(=O)(=O)c4cccc(Cl)c4)nnn3c3ccsc23)cc1. The molecule has 0 saturated heterocycles. The number of halogens is 1. The van der Waals surface area contributed by atoms with E-state index >= 15 is 0 Å². The molecule has 3 aromatic heterocycles. The molecule has 8 nitrogen and oxygen atoms in total. The lowest BCUT2D eigenvalue weighted by molar-refractivity contribution is 0.415. The number of fused-ring (bicyclic) bond motifs is 3. The molecule has 2 aromatic carbocycles. The summed E-state index contributed by atoms with van der Waals surface area (Å²) in [5.74, 6) is 1.23. The highest BCUT2D eigenvalue weighted by Gasteiger charge is 2.27. The van der Waals surface area contributed by atoms with Crippen LogP contribution in [0.15, 0.2) is 69.9 Å². The molecule has 0 amide bonds. The third-order valence-corrected chi connectivity index (χ3v) is 7.43. The van der Waals surface area contributed by atoms with Crippen molar-refractivity contribution in [2.45, 2.75) is 9.92 Å². The van der Waals surface area contributed by atoms with Gasteiger partial charge in [-0.1, -0.05) is 22.9 Å². The average molecular weight is 472 g/mol. The van der Waals surface area contributed by atoms with Gasteiger partial charge in [0.25, 0.3) is 0 Å². The minimum Gasteiger partial charge on any atom is -0.497 e. The molecule has 0 unspecified atom stereocenters. The Labute approximate surface area is 186 Å². The monoisotopic (exact) mass is 471 g/mol. The molecule has 11 heteroatoms. The van der Waals surface area contributed by atoms with Crippen molar-refractivity contribution in [2.75, 3.05) is 12.4 Å². The van der Waals surface area contributed by atoms with Crippen LogP contribution in [0.5, 0.6) is 5.75 Å². The van der Waals surface area contributed by atoms with Crippen LogP contribution in [0, 0.1) is 0 Å². The van der Waals surface area contributed by atoms with Crippen molar-refractivity contribution in [3.63, 3.8) is 0 Å². The van der Waals surface area contributed by atoms with E-state index in [0.717, 1.165) is 16.1 Å². The highest BCUT2D eigenvalue weighted by Crippen LogP contribution is 2.33. The first-order valence-electron chi connectivity index (χ1n) is 9.02. The number of methoxy groups -OCH3 is 1. The third-order valence-electron chi connectivity index (χ3n) is 4.64. The van der Waals surface area contributed by atoms with E-state index in [1.807, 2.05) is 35.7 Å². The van der Waals surface area contributed by atoms with Gasteiger partial charge >= 0.3 is 0 Å². The Morgan fingerprint density at radius 3 is 2.68 bits per heavy atom. The Balaban J connectivity index is 1.68. The van der Waals surface area contributed by atoms with E-state index in [4.69, 9.17) is 16.3 Å². The Bertz CT molecular complexity index is 1530. The first-order chi connectivity index (χ1) is 15.0. The Morgan fingerprint density at radius 1 is 1.13 bits per heavy atom. The van der Waals surface area contributed by atoms with Crippen molar-refractivity contribution in [3.8, 4) is 5.75 Å². The van der Waals surface area contributed by atoms with Gasteiger partial charge < -0.3 is 10.1 Å². The lowest BCUT2D eigenvalue weighted by Crippen LogP contribution is -2.05. The largest absolute Gasteiger partial charge is 0.497 e. The number of nitrogens with one attached hydrogen (secondary N) is 1. The number of nitrogens with zero attached hydrogens (tertiary/aromatic N) is 4. The lowest BCUT2D eigenvalue weighted by Gasteiger charge is -2.09. The molecule has 0 aliphatic rings. The van der Waals surface area contributed by atoms with Crippen LogP contribution < -0.4 is 10.1 Å². The normalized spacial score (nSPS) is 11.8. The fraction of sp³-hybridized carbons (Fsp3) is 0.0500. The minimum atomic E-state index is -3.98. The van der Waals surface area contributed by atoms with Crippen LogP contribution in [0.2, 0.25) is 5.02 Å². The zero-order valence-electron chi connectivity index (χ0n) is 16.0. The highest BCUT2D eigenvalue weighted by molar-refractivity contribution is 7.91. The molecule has 0 bridgehead atoms. The Morgan fingerprint density at radius 2 is 1.94 bits per heavy atom. The maximum absolute atomic E-state index is 13.2. The number of sulfone groups is 1.